The van der Waals surface area contributed by atoms with E-state index in [9.17, 15) is 9.59 Å². The zero-order chi connectivity index (χ0) is 15.2. The highest BCUT2D eigenvalue weighted by atomic mass is 16.5. The number of urea groups is 1. The molecule has 6 heteroatoms. The second kappa shape index (κ2) is 7.47. The van der Waals surface area contributed by atoms with E-state index in [4.69, 9.17) is 9.84 Å². The molecule has 0 aromatic rings. The Morgan fingerprint density at radius 1 is 1.35 bits per heavy atom. The van der Waals surface area contributed by atoms with Gasteiger partial charge in [-0.15, -0.1) is 0 Å². The molecule has 3 N–H and O–H groups in total. The second-order valence-corrected chi connectivity index (χ2v) is 6.09. The Labute approximate surface area is 120 Å². The summed E-state index contributed by atoms with van der Waals surface area (Å²) in [5, 5.41) is 14.4. The molecule has 20 heavy (non-hydrogen) atoms. The maximum atomic E-state index is 11.8. The predicted molar refractivity (Wildman–Crippen MR) is 75.6 cm³/mol. The van der Waals surface area contributed by atoms with Gasteiger partial charge < -0.3 is 20.5 Å². The van der Waals surface area contributed by atoms with Crippen LogP contribution in [0.15, 0.2) is 0 Å². The van der Waals surface area contributed by atoms with E-state index in [0.717, 1.165) is 19.3 Å². The van der Waals surface area contributed by atoms with Crippen LogP contribution in [0.3, 0.4) is 0 Å². The average molecular weight is 286 g/mol. The van der Waals surface area contributed by atoms with Crippen molar-refractivity contribution in [3.05, 3.63) is 0 Å². The first-order chi connectivity index (χ1) is 9.38. The van der Waals surface area contributed by atoms with E-state index < -0.39 is 18.0 Å². The Hall–Kier alpha value is -1.30. The fraction of sp³-hybridized carbons (Fsp3) is 0.857. The lowest BCUT2D eigenvalue weighted by molar-refractivity contribution is -0.139. The van der Waals surface area contributed by atoms with Gasteiger partial charge in [-0.2, -0.15) is 0 Å². The highest BCUT2D eigenvalue weighted by molar-refractivity contribution is 5.82. The molecule has 0 aliphatic heterocycles. The van der Waals surface area contributed by atoms with Gasteiger partial charge in [0.05, 0.1) is 0 Å². The quantitative estimate of drug-likeness (QED) is 0.601. The topological polar surface area (TPSA) is 87.7 Å². The van der Waals surface area contributed by atoms with Crippen molar-refractivity contribution in [1.29, 1.82) is 0 Å². The van der Waals surface area contributed by atoms with Crippen molar-refractivity contribution in [2.24, 2.45) is 11.3 Å². The molecule has 1 fully saturated rings. The van der Waals surface area contributed by atoms with Gasteiger partial charge in [-0.3, -0.25) is 0 Å². The fourth-order valence-corrected chi connectivity index (χ4v) is 2.18. The number of rotatable bonds is 9. The Morgan fingerprint density at radius 2 is 2.00 bits per heavy atom. The third kappa shape index (κ3) is 5.77. The van der Waals surface area contributed by atoms with Crippen molar-refractivity contribution in [2.45, 2.75) is 45.6 Å². The number of carbonyl (C=O) groups is 2. The summed E-state index contributed by atoms with van der Waals surface area (Å²) in [6, 6.07) is -1.23. The highest BCUT2D eigenvalue weighted by Crippen LogP contribution is 2.48. The minimum Gasteiger partial charge on any atom is -0.480 e. The summed E-state index contributed by atoms with van der Waals surface area (Å²) in [7, 11) is 1.67. The number of carbonyl (C=O) groups excluding carboxylic acids is 1. The molecule has 0 spiro atoms. The first-order valence-electron chi connectivity index (χ1n) is 7.15. The summed E-state index contributed by atoms with van der Waals surface area (Å²) in [6.45, 7) is 5.13. The number of carboxylic acid groups (broad SMARTS) is 1. The maximum Gasteiger partial charge on any atom is 0.326 e. The van der Waals surface area contributed by atoms with Crippen molar-refractivity contribution in [2.75, 3.05) is 20.3 Å². The van der Waals surface area contributed by atoms with Gasteiger partial charge in [0, 0.05) is 20.3 Å². The van der Waals surface area contributed by atoms with E-state index in [1.165, 1.54) is 0 Å². The number of ether oxygens (including phenoxy) is 1. The number of aliphatic carboxylic acids is 1. The van der Waals surface area contributed by atoms with Crippen molar-refractivity contribution >= 4 is 12.0 Å². The van der Waals surface area contributed by atoms with Gasteiger partial charge in [-0.25, -0.2) is 9.59 Å². The molecule has 1 atom stereocenters. The number of methoxy groups -OCH3 is 1. The monoisotopic (exact) mass is 286 g/mol. The maximum absolute atomic E-state index is 11.8. The van der Waals surface area contributed by atoms with E-state index in [1.54, 1.807) is 7.11 Å². The third-order valence-corrected chi connectivity index (χ3v) is 3.73. The third-order valence-electron chi connectivity index (χ3n) is 3.73. The minimum atomic E-state index is -0.991. The van der Waals surface area contributed by atoms with Crippen LogP contribution in [0.25, 0.3) is 0 Å². The summed E-state index contributed by atoms with van der Waals surface area (Å²) in [6.07, 6.45) is 3.53. The van der Waals surface area contributed by atoms with E-state index in [-0.39, 0.29) is 11.3 Å². The lowest BCUT2D eigenvalue weighted by atomic mass is 10.0. The number of amides is 2. The standard InChI is InChI=1S/C14H26N2O4/c1-10(2)8-11(12(17)18)16-13(19)15-9-14(4-5-14)6-7-20-3/h10-11H,4-9H2,1-3H3,(H,17,18)(H2,15,16,19)/t11-/m0/s1. The summed E-state index contributed by atoms with van der Waals surface area (Å²) >= 11 is 0. The van der Waals surface area contributed by atoms with Crippen LogP contribution in [-0.4, -0.2) is 43.4 Å². The van der Waals surface area contributed by atoms with Crippen LogP contribution in [0.1, 0.15) is 39.5 Å². The van der Waals surface area contributed by atoms with Crippen molar-refractivity contribution in [3.8, 4) is 0 Å². The number of hydrogen-bond acceptors (Lipinski definition) is 3. The van der Waals surface area contributed by atoms with Gasteiger partial charge in [0.15, 0.2) is 0 Å². The second-order valence-electron chi connectivity index (χ2n) is 6.09. The van der Waals surface area contributed by atoms with Crippen LogP contribution >= 0.6 is 0 Å². The van der Waals surface area contributed by atoms with E-state index in [0.29, 0.717) is 19.6 Å². The van der Waals surface area contributed by atoms with E-state index in [1.807, 2.05) is 13.8 Å². The molecule has 0 radical (unpaired) electrons. The van der Waals surface area contributed by atoms with Gasteiger partial charge in [0.1, 0.15) is 6.04 Å². The molecule has 1 aliphatic rings. The van der Waals surface area contributed by atoms with Gasteiger partial charge in [-0.1, -0.05) is 13.8 Å². The lowest BCUT2D eigenvalue weighted by Gasteiger charge is -2.19. The normalized spacial score (nSPS) is 17.6. The Kier molecular flexibility index (Phi) is 6.26. The average Bonchev–Trinajstić information content (AvgIpc) is 3.13. The molecule has 2 amide bonds. The molecule has 0 aromatic heterocycles. The van der Waals surface area contributed by atoms with Crippen LogP contribution in [0.2, 0.25) is 0 Å². The smallest absolute Gasteiger partial charge is 0.326 e. The van der Waals surface area contributed by atoms with Crippen molar-refractivity contribution in [3.63, 3.8) is 0 Å². The molecular formula is C14H26N2O4. The minimum absolute atomic E-state index is 0.157. The van der Waals surface area contributed by atoms with Crippen molar-refractivity contribution < 1.29 is 19.4 Å². The molecular weight excluding hydrogens is 260 g/mol. The van der Waals surface area contributed by atoms with Crippen LogP contribution in [0.5, 0.6) is 0 Å². The molecule has 0 unspecified atom stereocenters. The molecule has 0 heterocycles. The zero-order valence-electron chi connectivity index (χ0n) is 12.6. The van der Waals surface area contributed by atoms with Gasteiger partial charge in [-0.05, 0) is 37.0 Å². The van der Waals surface area contributed by atoms with Crippen LogP contribution in [-0.2, 0) is 9.53 Å². The summed E-state index contributed by atoms with van der Waals surface area (Å²) < 4.78 is 5.06. The largest absolute Gasteiger partial charge is 0.480 e. The fourth-order valence-electron chi connectivity index (χ4n) is 2.18. The van der Waals surface area contributed by atoms with Gasteiger partial charge in [0.2, 0.25) is 0 Å². The predicted octanol–water partition coefficient (Wildman–Crippen LogP) is 1.60. The SMILES string of the molecule is COCCC1(CNC(=O)N[C@@H](CC(C)C)C(=O)O)CC1. The van der Waals surface area contributed by atoms with Crippen LogP contribution in [0.4, 0.5) is 4.79 Å². The molecule has 1 saturated carbocycles. The molecule has 0 aromatic carbocycles. The van der Waals surface area contributed by atoms with Crippen molar-refractivity contribution in [1.82, 2.24) is 10.6 Å². The highest BCUT2D eigenvalue weighted by Gasteiger charge is 2.42. The summed E-state index contributed by atoms with van der Waals surface area (Å²) in [4.78, 5) is 22.8. The number of carboxylic acids is 1. The van der Waals surface area contributed by atoms with Crippen LogP contribution < -0.4 is 10.6 Å². The molecule has 0 bridgehead atoms. The molecule has 1 rings (SSSR count). The van der Waals surface area contributed by atoms with Crippen LogP contribution in [0, 0.1) is 11.3 Å². The molecule has 0 saturated heterocycles. The number of nitrogens with one attached hydrogen (secondary N) is 2. The Bertz CT molecular complexity index is 340. The lowest BCUT2D eigenvalue weighted by Crippen LogP contribution is -2.47. The first-order valence-corrected chi connectivity index (χ1v) is 7.15. The van der Waals surface area contributed by atoms with Gasteiger partial charge in [0.25, 0.3) is 0 Å². The van der Waals surface area contributed by atoms with E-state index >= 15 is 0 Å². The van der Waals surface area contributed by atoms with Gasteiger partial charge >= 0.3 is 12.0 Å². The number of hydrogen-bond donors (Lipinski definition) is 3. The van der Waals surface area contributed by atoms with E-state index in [2.05, 4.69) is 10.6 Å². The summed E-state index contributed by atoms with van der Waals surface area (Å²) in [5.74, 6) is -0.776. The Morgan fingerprint density at radius 3 is 2.45 bits per heavy atom. The first kappa shape index (κ1) is 16.8. The molecule has 116 valence electrons. The summed E-state index contributed by atoms with van der Waals surface area (Å²) in [5.41, 5.74) is 0.157. The molecule has 6 nitrogen and oxygen atoms in total. The molecule has 1 aliphatic carbocycles. The Balaban J connectivity index is 2.33. The zero-order valence-corrected chi connectivity index (χ0v) is 12.6.